The normalized spacial score (nSPS) is 24.2. The van der Waals surface area contributed by atoms with Crippen LogP contribution in [0.25, 0.3) is 0 Å². The number of likely N-dealkylation sites (tertiary alicyclic amines) is 1. The van der Waals surface area contributed by atoms with Crippen LogP contribution in [0.2, 0.25) is 0 Å². The summed E-state index contributed by atoms with van der Waals surface area (Å²) in [6, 6.07) is 0. The summed E-state index contributed by atoms with van der Waals surface area (Å²) in [4.78, 5) is 26.2. The van der Waals surface area contributed by atoms with Crippen LogP contribution >= 0.6 is 0 Å². The lowest BCUT2D eigenvalue weighted by Gasteiger charge is -2.50. The number of aromatic nitrogens is 6. The zero-order chi connectivity index (χ0) is 19.8. The predicted molar refractivity (Wildman–Crippen MR) is 106 cm³/mol. The Kier molecular flexibility index (Phi) is 4.85. The number of amides is 1. The Hall–Kier alpha value is -2.29. The fourth-order valence-corrected chi connectivity index (χ4v) is 5.58. The van der Waals surface area contributed by atoms with Crippen LogP contribution in [-0.4, -0.2) is 72.1 Å². The summed E-state index contributed by atoms with van der Waals surface area (Å²) in [5.41, 5.74) is 2.45. The molecule has 1 N–H and O–H groups in total. The summed E-state index contributed by atoms with van der Waals surface area (Å²) in [7, 11) is 0. The topological polar surface area (TPSA) is 95.8 Å². The summed E-state index contributed by atoms with van der Waals surface area (Å²) in [5.74, 6) is 0.728. The van der Waals surface area contributed by atoms with Gasteiger partial charge in [0.15, 0.2) is 5.82 Å². The van der Waals surface area contributed by atoms with Gasteiger partial charge in [-0.05, 0) is 49.1 Å². The number of hydrogen-bond donors (Lipinski definition) is 1. The summed E-state index contributed by atoms with van der Waals surface area (Å²) in [6.07, 6.45) is 8.78. The molecule has 9 nitrogen and oxygen atoms in total. The number of hydrogen-bond acceptors (Lipinski definition) is 6. The van der Waals surface area contributed by atoms with Crippen molar-refractivity contribution in [2.75, 3.05) is 26.2 Å². The Morgan fingerprint density at radius 1 is 1.24 bits per heavy atom. The fourth-order valence-electron chi connectivity index (χ4n) is 5.58. The molecule has 29 heavy (non-hydrogen) atoms. The van der Waals surface area contributed by atoms with Crippen LogP contribution in [0.3, 0.4) is 0 Å². The van der Waals surface area contributed by atoms with Crippen LogP contribution in [0.1, 0.15) is 68.6 Å². The third-order valence-electron chi connectivity index (χ3n) is 7.07. The number of H-pyrrole nitrogens is 1. The first-order valence-corrected chi connectivity index (χ1v) is 11.1. The quantitative estimate of drug-likeness (QED) is 0.841. The van der Waals surface area contributed by atoms with Gasteiger partial charge in [-0.2, -0.15) is 0 Å². The molecule has 0 saturated carbocycles. The van der Waals surface area contributed by atoms with E-state index in [0.29, 0.717) is 0 Å². The van der Waals surface area contributed by atoms with E-state index in [1.165, 1.54) is 11.4 Å². The molecule has 1 spiro atoms. The molecule has 0 bridgehead atoms. The summed E-state index contributed by atoms with van der Waals surface area (Å²) < 4.78 is 1.82. The van der Waals surface area contributed by atoms with Crippen molar-refractivity contribution in [3.05, 3.63) is 23.5 Å². The summed E-state index contributed by atoms with van der Waals surface area (Å²) >= 11 is 0. The highest BCUT2D eigenvalue weighted by atomic mass is 16.2. The standard InChI is InChI=1S/C20H30N8O/c1-2-9-27-11-6-16-17(22-14-21-16)20(27)7-12-26(13-8-20)19(29)15-5-3-4-10-28-18(15)23-24-25-28/h14-15H,2-13H2,1H3,(H,21,22)/t15-/m0/s1. The highest BCUT2D eigenvalue weighted by molar-refractivity contribution is 5.83. The van der Waals surface area contributed by atoms with Gasteiger partial charge >= 0.3 is 0 Å². The van der Waals surface area contributed by atoms with Crippen molar-refractivity contribution in [1.82, 2.24) is 40.0 Å². The molecule has 0 unspecified atom stereocenters. The van der Waals surface area contributed by atoms with Crippen LogP contribution in [0.15, 0.2) is 6.33 Å². The van der Waals surface area contributed by atoms with Crippen LogP contribution in [0.4, 0.5) is 0 Å². The molecule has 3 aliphatic rings. The molecule has 5 heterocycles. The van der Waals surface area contributed by atoms with Gasteiger partial charge in [0.05, 0.1) is 23.5 Å². The molecule has 0 aromatic carbocycles. The van der Waals surface area contributed by atoms with Crippen LogP contribution < -0.4 is 0 Å². The molecule has 5 rings (SSSR count). The van der Waals surface area contributed by atoms with Crippen molar-refractivity contribution >= 4 is 5.91 Å². The van der Waals surface area contributed by atoms with Gasteiger partial charge in [-0.3, -0.25) is 9.69 Å². The predicted octanol–water partition coefficient (Wildman–Crippen LogP) is 1.45. The van der Waals surface area contributed by atoms with Crippen molar-refractivity contribution in [1.29, 1.82) is 0 Å². The van der Waals surface area contributed by atoms with Crippen LogP contribution in [0, 0.1) is 0 Å². The zero-order valence-electron chi connectivity index (χ0n) is 17.2. The lowest BCUT2D eigenvalue weighted by atomic mass is 9.78. The molecule has 1 atom stereocenters. The number of carbonyl (C=O) groups is 1. The number of rotatable bonds is 3. The fraction of sp³-hybridized carbons (Fsp3) is 0.750. The number of fused-ring (bicyclic) bond motifs is 3. The Morgan fingerprint density at radius 3 is 2.93 bits per heavy atom. The van der Waals surface area contributed by atoms with E-state index in [-0.39, 0.29) is 17.4 Å². The lowest BCUT2D eigenvalue weighted by molar-refractivity contribution is -0.136. The number of piperidine rings is 1. The monoisotopic (exact) mass is 398 g/mol. The van der Waals surface area contributed by atoms with E-state index < -0.39 is 0 Å². The van der Waals surface area contributed by atoms with Crippen molar-refractivity contribution in [2.45, 2.75) is 69.9 Å². The first-order valence-electron chi connectivity index (χ1n) is 11.1. The van der Waals surface area contributed by atoms with Gasteiger partial charge in [-0.15, -0.1) is 5.10 Å². The van der Waals surface area contributed by atoms with Gasteiger partial charge < -0.3 is 9.88 Å². The van der Waals surface area contributed by atoms with Crippen LogP contribution in [-0.2, 0) is 23.3 Å². The van der Waals surface area contributed by atoms with E-state index in [2.05, 4.69) is 32.3 Å². The Morgan fingerprint density at radius 2 is 2.10 bits per heavy atom. The number of imidazole rings is 1. The smallest absolute Gasteiger partial charge is 0.233 e. The number of nitrogens with one attached hydrogen (secondary N) is 1. The van der Waals surface area contributed by atoms with Gasteiger partial charge in [0.1, 0.15) is 0 Å². The minimum absolute atomic E-state index is 0.0363. The average molecular weight is 399 g/mol. The molecule has 1 fully saturated rings. The SMILES string of the molecule is CCCN1CCc2[nH]cnc2C12CCN(C(=O)[C@H]1CCCCn3nnnc31)CC2. The van der Waals surface area contributed by atoms with Crippen LogP contribution in [0.5, 0.6) is 0 Å². The molecule has 0 radical (unpaired) electrons. The van der Waals surface area contributed by atoms with Crippen molar-refractivity contribution in [2.24, 2.45) is 0 Å². The molecule has 156 valence electrons. The number of aromatic amines is 1. The summed E-state index contributed by atoms with van der Waals surface area (Å²) in [5, 5.41) is 12.1. The number of carbonyl (C=O) groups excluding carboxylic acids is 1. The number of tetrazole rings is 1. The average Bonchev–Trinajstić information content (AvgIpc) is 3.37. The largest absolute Gasteiger partial charge is 0.348 e. The zero-order valence-corrected chi connectivity index (χ0v) is 17.2. The molecule has 0 aliphatic carbocycles. The minimum Gasteiger partial charge on any atom is -0.348 e. The third-order valence-corrected chi connectivity index (χ3v) is 7.07. The minimum atomic E-state index is -0.208. The van der Waals surface area contributed by atoms with Crippen molar-refractivity contribution in [3.63, 3.8) is 0 Å². The molecular weight excluding hydrogens is 368 g/mol. The van der Waals surface area contributed by atoms with Gasteiger partial charge in [0, 0.05) is 38.3 Å². The highest BCUT2D eigenvalue weighted by Crippen LogP contribution is 2.42. The van der Waals surface area contributed by atoms with E-state index in [1.807, 2.05) is 15.9 Å². The second kappa shape index (κ2) is 7.51. The molecule has 9 heteroatoms. The van der Waals surface area contributed by atoms with E-state index in [9.17, 15) is 4.79 Å². The Bertz CT molecular complexity index is 865. The van der Waals surface area contributed by atoms with Crippen molar-refractivity contribution in [3.8, 4) is 0 Å². The maximum Gasteiger partial charge on any atom is 0.233 e. The van der Waals surface area contributed by atoms with E-state index in [1.54, 1.807) is 0 Å². The first-order chi connectivity index (χ1) is 14.2. The molecule has 3 aliphatic heterocycles. The van der Waals surface area contributed by atoms with Gasteiger partial charge in [-0.25, -0.2) is 9.67 Å². The van der Waals surface area contributed by atoms with E-state index in [0.717, 1.165) is 83.5 Å². The second-order valence-corrected chi connectivity index (χ2v) is 8.63. The number of aryl methyl sites for hydroxylation is 1. The van der Waals surface area contributed by atoms with Gasteiger partial charge in [0.25, 0.3) is 0 Å². The molecule has 2 aromatic rings. The number of nitrogens with zero attached hydrogens (tertiary/aromatic N) is 7. The Balaban J connectivity index is 1.36. The van der Waals surface area contributed by atoms with Gasteiger partial charge in [0.2, 0.25) is 5.91 Å². The van der Waals surface area contributed by atoms with E-state index >= 15 is 0 Å². The molecule has 1 saturated heterocycles. The third kappa shape index (κ3) is 3.06. The highest BCUT2D eigenvalue weighted by Gasteiger charge is 2.47. The van der Waals surface area contributed by atoms with Gasteiger partial charge in [-0.1, -0.05) is 13.3 Å². The molecular formula is C20H30N8O. The second-order valence-electron chi connectivity index (χ2n) is 8.63. The maximum absolute atomic E-state index is 13.4. The first kappa shape index (κ1) is 18.7. The Labute approximate surface area is 170 Å². The molecule has 1 amide bonds. The van der Waals surface area contributed by atoms with Crippen molar-refractivity contribution < 1.29 is 4.79 Å². The lowest BCUT2D eigenvalue weighted by Crippen LogP contribution is -2.57. The van der Waals surface area contributed by atoms with E-state index in [4.69, 9.17) is 4.98 Å². The maximum atomic E-state index is 13.4. The summed E-state index contributed by atoms with van der Waals surface area (Å²) in [6.45, 7) is 6.73. The molecule has 2 aromatic heterocycles.